The van der Waals surface area contributed by atoms with Crippen LogP contribution in [0.2, 0.25) is 0 Å². The monoisotopic (exact) mass is 299 g/mol. The molecule has 0 unspecified atom stereocenters. The minimum absolute atomic E-state index is 0.0780. The maximum Gasteiger partial charge on any atom is 0.266 e. The number of pyridine rings is 1. The van der Waals surface area contributed by atoms with Crippen molar-refractivity contribution in [2.24, 2.45) is 0 Å². The smallest absolute Gasteiger partial charge is 0.266 e. The Bertz CT molecular complexity index is 688. The molecule has 0 aliphatic carbocycles. The van der Waals surface area contributed by atoms with Crippen molar-refractivity contribution in [3.8, 4) is 17.4 Å². The second-order valence-corrected chi connectivity index (χ2v) is 6.06. The summed E-state index contributed by atoms with van der Waals surface area (Å²) in [6, 6.07) is 9.51. The number of aromatic nitrogens is 1. The summed E-state index contributed by atoms with van der Waals surface area (Å²) in [5.74, 6) is 0.911. The first-order valence-electron chi connectivity index (χ1n) is 5.22. The van der Waals surface area contributed by atoms with E-state index in [1.54, 1.807) is 24.3 Å². The quantitative estimate of drug-likeness (QED) is 0.812. The molecular weight excluding hydrogens is 290 g/mol. The highest BCUT2D eigenvalue weighted by Crippen LogP contribution is 2.29. The Hall–Kier alpha value is -1.79. The Morgan fingerprint density at radius 3 is 2.58 bits per heavy atom. The molecule has 1 heterocycles. The van der Waals surface area contributed by atoms with Gasteiger partial charge in [0.15, 0.2) is 0 Å². The van der Waals surface area contributed by atoms with Gasteiger partial charge in [-0.15, -0.1) is 0 Å². The number of halogens is 1. The van der Waals surface area contributed by atoms with Crippen LogP contribution in [0.1, 0.15) is 0 Å². The van der Waals surface area contributed by atoms with Gasteiger partial charge in [0.05, 0.1) is 7.11 Å². The predicted molar refractivity (Wildman–Crippen MR) is 70.3 cm³/mol. The van der Waals surface area contributed by atoms with Gasteiger partial charge in [0.1, 0.15) is 16.4 Å². The highest BCUT2D eigenvalue weighted by Gasteiger charge is 2.18. The van der Waals surface area contributed by atoms with E-state index in [4.69, 9.17) is 20.2 Å². The molecule has 100 valence electrons. The maximum absolute atomic E-state index is 11.4. The molecule has 1 aromatic heterocycles. The molecule has 7 heteroatoms. The molecule has 0 aliphatic rings. The lowest BCUT2D eigenvalue weighted by molar-refractivity contribution is 0.405. The summed E-state index contributed by atoms with van der Waals surface area (Å²) in [5, 5.41) is 0. The van der Waals surface area contributed by atoms with E-state index in [1.165, 1.54) is 25.4 Å². The van der Waals surface area contributed by atoms with Crippen LogP contribution in [0.15, 0.2) is 47.5 Å². The second kappa shape index (κ2) is 5.46. The molecule has 0 N–H and O–H groups in total. The Morgan fingerprint density at radius 1 is 1.16 bits per heavy atom. The summed E-state index contributed by atoms with van der Waals surface area (Å²) in [4.78, 5) is 3.69. The molecular formula is C12H10ClNO4S. The fraction of sp³-hybridized carbons (Fsp3) is 0.0833. The van der Waals surface area contributed by atoms with Gasteiger partial charge in [-0.1, -0.05) is 6.07 Å². The average molecular weight is 300 g/mol. The number of rotatable bonds is 4. The zero-order valence-corrected chi connectivity index (χ0v) is 11.5. The van der Waals surface area contributed by atoms with E-state index in [2.05, 4.69) is 4.98 Å². The van der Waals surface area contributed by atoms with Crippen LogP contribution in [0.3, 0.4) is 0 Å². The van der Waals surface area contributed by atoms with Crippen LogP contribution in [0.4, 0.5) is 0 Å². The lowest BCUT2D eigenvalue weighted by Crippen LogP contribution is -1.97. The van der Waals surface area contributed by atoms with Gasteiger partial charge < -0.3 is 9.47 Å². The van der Waals surface area contributed by atoms with Gasteiger partial charge in [0.25, 0.3) is 9.05 Å². The summed E-state index contributed by atoms with van der Waals surface area (Å²) in [6.07, 6.45) is 1.42. The predicted octanol–water partition coefficient (Wildman–Crippen LogP) is 2.81. The van der Waals surface area contributed by atoms with Crippen LogP contribution >= 0.6 is 10.7 Å². The zero-order valence-electron chi connectivity index (χ0n) is 9.91. The SMILES string of the molecule is COc1cccc(Oc2ncccc2S(=O)(=O)Cl)c1. The standard InChI is InChI=1S/C12H10ClNO4S/c1-17-9-4-2-5-10(8-9)18-12-11(19(13,15)16)6-3-7-14-12/h2-8H,1H3. The largest absolute Gasteiger partial charge is 0.497 e. The first-order chi connectivity index (χ1) is 9.00. The van der Waals surface area contributed by atoms with E-state index in [0.717, 1.165) is 0 Å². The summed E-state index contributed by atoms with van der Waals surface area (Å²) < 4.78 is 33.2. The molecule has 0 atom stereocenters. The van der Waals surface area contributed by atoms with Crippen molar-refractivity contribution in [2.75, 3.05) is 7.11 Å². The molecule has 5 nitrogen and oxygen atoms in total. The maximum atomic E-state index is 11.4. The number of hydrogen-bond acceptors (Lipinski definition) is 5. The van der Waals surface area contributed by atoms with Gasteiger partial charge in [0.2, 0.25) is 5.88 Å². The van der Waals surface area contributed by atoms with Crippen molar-refractivity contribution in [1.29, 1.82) is 0 Å². The van der Waals surface area contributed by atoms with Gasteiger partial charge in [-0.3, -0.25) is 0 Å². The second-order valence-electron chi connectivity index (χ2n) is 3.53. The summed E-state index contributed by atoms with van der Waals surface area (Å²) >= 11 is 0. The molecule has 0 bridgehead atoms. The van der Waals surface area contributed by atoms with Crippen molar-refractivity contribution in [3.05, 3.63) is 42.6 Å². The lowest BCUT2D eigenvalue weighted by Gasteiger charge is -2.08. The van der Waals surface area contributed by atoms with Gasteiger partial charge in [-0.05, 0) is 24.3 Å². The Morgan fingerprint density at radius 2 is 1.89 bits per heavy atom. The van der Waals surface area contributed by atoms with Gasteiger partial charge in [-0.25, -0.2) is 13.4 Å². The molecule has 19 heavy (non-hydrogen) atoms. The number of hydrogen-bond donors (Lipinski definition) is 0. The first-order valence-corrected chi connectivity index (χ1v) is 7.53. The highest BCUT2D eigenvalue weighted by atomic mass is 35.7. The van der Waals surface area contributed by atoms with Crippen molar-refractivity contribution >= 4 is 19.7 Å². The summed E-state index contributed by atoms with van der Waals surface area (Å²) in [7, 11) is 2.92. The minimum Gasteiger partial charge on any atom is -0.497 e. The third kappa shape index (κ3) is 3.36. The van der Waals surface area contributed by atoms with Crippen molar-refractivity contribution in [1.82, 2.24) is 4.98 Å². The summed E-state index contributed by atoms with van der Waals surface area (Å²) in [5.41, 5.74) is 0. The molecule has 0 fully saturated rings. The number of ether oxygens (including phenoxy) is 2. The van der Waals surface area contributed by atoms with E-state index in [0.29, 0.717) is 11.5 Å². The molecule has 1 aromatic carbocycles. The Labute approximate surface area is 115 Å². The van der Waals surface area contributed by atoms with E-state index in [1.807, 2.05) is 0 Å². The van der Waals surface area contributed by atoms with E-state index >= 15 is 0 Å². The van der Waals surface area contributed by atoms with Gasteiger partial charge in [-0.2, -0.15) is 0 Å². The van der Waals surface area contributed by atoms with Crippen LogP contribution in [0.25, 0.3) is 0 Å². The minimum atomic E-state index is -3.92. The van der Waals surface area contributed by atoms with E-state index in [9.17, 15) is 8.42 Å². The lowest BCUT2D eigenvalue weighted by atomic mass is 10.3. The first kappa shape index (κ1) is 13.6. The average Bonchev–Trinajstić information content (AvgIpc) is 2.38. The Balaban J connectivity index is 2.38. The Kier molecular flexibility index (Phi) is 3.92. The van der Waals surface area contributed by atoms with Crippen LogP contribution in [-0.4, -0.2) is 20.5 Å². The topological polar surface area (TPSA) is 65.5 Å². The zero-order chi connectivity index (χ0) is 13.9. The highest BCUT2D eigenvalue weighted by molar-refractivity contribution is 8.13. The van der Waals surface area contributed by atoms with Crippen molar-refractivity contribution < 1.29 is 17.9 Å². The number of methoxy groups -OCH3 is 1. The van der Waals surface area contributed by atoms with Crippen LogP contribution in [-0.2, 0) is 9.05 Å². The van der Waals surface area contributed by atoms with E-state index < -0.39 is 9.05 Å². The molecule has 2 rings (SSSR count). The van der Waals surface area contributed by atoms with Crippen LogP contribution in [0.5, 0.6) is 17.4 Å². The molecule has 0 amide bonds. The molecule has 0 aliphatic heterocycles. The third-order valence-electron chi connectivity index (χ3n) is 2.25. The molecule has 0 saturated heterocycles. The van der Waals surface area contributed by atoms with Gasteiger partial charge in [0, 0.05) is 22.9 Å². The normalized spacial score (nSPS) is 11.1. The molecule has 2 aromatic rings. The molecule has 0 spiro atoms. The summed E-state index contributed by atoms with van der Waals surface area (Å²) in [6.45, 7) is 0. The van der Waals surface area contributed by atoms with Crippen molar-refractivity contribution in [2.45, 2.75) is 4.90 Å². The van der Waals surface area contributed by atoms with Crippen LogP contribution < -0.4 is 9.47 Å². The fourth-order valence-corrected chi connectivity index (χ4v) is 2.31. The van der Waals surface area contributed by atoms with Crippen molar-refractivity contribution in [3.63, 3.8) is 0 Å². The molecule has 0 saturated carbocycles. The molecule has 0 radical (unpaired) electrons. The van der Waals surface area contributed by atoms with E-state index in [-0.39, 0.29) is 10.8 Å². The third-order valence-corrected chi connectivity index (χ3v) is 3.59. The van der Waals surface area contributed by atoms with Crippen LogP contribution in [0, 0.1) is 0 Å². The number of benzene rings is 1. The van der Waals surface area contributed by atoms with Gasteiger partial charge >= 0.3 is 0 Å². The fourth-order valence-electron chi connectivity index (χ4n) is 1.41. The number of nitrogens with zero attached hydrogens (tertiary/aromatic N) is 1.